The van der Waals surface area contributed by atoms with Crippen LogP contribution in [0.3, 0.4) is 0 Å². The summed E-state index contributed by atoms with van der Waals surface area (Å²) >= 11 is 0. The second-order valence-electron chi connectivity index (χ2n) is 10.8. The van der Waals surface area contributed by atoms with Gasteiger partial charge in [0, 0.05) is 36.1 Å². The minimum absolute atomic E-state index is 0.127. The first kappa shape index (κ1) is 24.7. The highest BCUT2D eigenvalue weighted by molar-refractivity contribution is 6.00. The smallest absolute Gasteiger partial charge is 0.326 e. The average Bonchev–Trinajstić information content (AvgIpc) is 2.91. The largest absolute Gasteiger partial charge is 0.480 e. The molecule has 1 unspecified atom stereocenters. The van der Waals surface area contributed by atoms with Crippen molar-refractivity contribution in [1.29, 1.82) is 0 Å². The summed E-state index contributed by atoms with van der Waals surface area (Å²) in [4.78, 5) is 54.2. The summed E-state index contributed by atoms with van der Waals surface area (Å²) in [5.74, 6) is -2.74. The Morgan fingerprint density at radius 3 is 1.25 bits per heavy atom. The maximum atomic E-state index is 12.9. The first-order chi connectivity index (χ1) is 17.3. The third-order valence-corrected chi connectivity index (χ3v) is 8.78. The predicted molar refractivity (Wildman–Crippen MR) is 130 cm³/mol. The van der Waals surface area contributed by atoms with Gasteiger partial charge >= 0.3 is 11.9 Å². The van der Waals surface area contributed by atoms with Gasteiger partial charge in [-0.2, -0.15) is 0 Å². The molecule has 1 aromatic rings. The SMILES string of the molecule is O=C(NC(C(=O)O)[C@H]1CN2CCC1CC2)c1ccc(C(=O)N[C@H](C(=O)O)[C@H]2CN3CCC2CC3)cc1. The first-order valence-corrected chi connectivity index (χ1v) is 12.9. The second-order valence-corrected chi connectivity index (χ2v) is 10.8. The number of aliphatic carboxylic acids is 2. The van der Waals surface area contributed by atoms with E-state index in [1.54, 1.807) is 0 Å². The van der Waals surface area contributed by atoms with Gasteiger partial charge < -0.3 is 30.6 Å². The number of carboxylic acid groups (broad SMARTS) is 2. The van der Waals surface area contributed by atoms with Crippen LogP contribution >= 0.6 is 0 Å². The number of piperidine rings is 6. The summed E-state index contributed by atoms with van der Waals surface area (Å²) < 4.78 is 0. The van der Waals surface area contributed by atoms with Crippen LogP contribution < -0.4 is 10.6 Å². The monoisotopic (exact) mass is 498 g/mol. The molecule has 6 aliphatic rings. The van der Waals surface area contributed by atoms with E-state index in [2.05, 4.69) is 20.4 Å². The molecule has 36 heavy (non-hydrogen) atoms. The van der Waals surface area contributed by atoms with Crippen molar-refractivity contribution in [3.05, 3.63) is 35.4 Å². The van der Waals surface area contributed by atoms with Crippen molar-refractivity contribution in [2.45, 2.75) is 37.8 Å². The van der Waals surface area contributed by atoms with Crippen molar-refractivity contribution < 1.29 is 29.4 Å². The molecule has 4 atom stereocenters. The highest BCUT2D eigenvalue weighted by atomic mass is 16.4. The van der Waals surface area contributed by atoms with Crippen molar-refractivity contribution in [3.63, 3.8) is 0 Å². The summed E-state index contributed by atoms with van der Waals surface area (Å²) in [6, 6.07) is 3.97. The van der Waals surface area contributed by atoms with Gasteiger partial charge in [-0.15, -0.1) is 0 Å². The van der Waals surface area contributed by atoms with Crippen molar-refractivity contribution in [3.8, 4) is 0 Å². The fraction of sp³-hybridized carbons (Fsp3) is 0.615. The second kappa shape index (κ2) is 10.2. The van der Waals surface area contributed by atoms with Gasteiger partial charge in [0.05, 0.1) is 0 Å². The Kier molecular flexibility index (Phi) is 6.98. The van der Waals surface area contributed by atoms with E-state index in [0.717, 1.165) is 51.9 Å². The number of fused-ring (bicyclic) bond motifs is 6. The van der Waals surface area contributed by atoms with Gasteiger partial charge in [-0.25, -0.2) is 9.59 Å². The van der Waals surface area contributed by atoms with E-state index >= 15 is 0 Å². The summed E-state index contributed by atoms with van der Waals surface area (Å²) in [6.07, 6.45) is 3.80. The van der Waals surface area contributed by atoms with Gasteiger partial charge in [0.15, 0.2) is 0 Å². The molecule has 4 N–H and O–H groups in total. The van der Waals surface area contributed by atoms with Crippen molar-refractivity contribution in [2.24, 2.45) is 23.7 Å². The van der Waals surface area contributed by atoms with E-state index in [1.165, 1.54) is 24.3 Å². The number of carbonyl (C=O) groups excluding carboxylic acids is 2. The third-order valence-electron chi connectivity index (χ3n) is 8.78. The lowest BCUT2D eigenvalue weighted by molar-refractivity contribution is -0.143. The number of amides is 2. The molecule has 7 rings (SSSR count). The molecule has 6 aliphatic heterocycles. The zero-order valence-electron chi connectivity index (χ0n) is 20.3. The zero-order chi connectivity index (χ0) is 25.4. The summed E-state index contributed by atoms with van der Waals surface area (Å²) in [7, 11) is 0. The van der Waals surface area contributed by atoms with Crippen LogP contribution in [-0.2, 0) is 9.59 Å². The third kappa shape index (κ3) is 4.97. The van der Waals surface area contributed by atoms with Crippen molar-refractivity contribution in [1.82, 2.24) is 20.4 Å². The van der Waals surface area contributed by atoms with E-state index in [1.807, 2.05) is 0 Å². The normalized spacial score (nSPS) is 32.3. The molecule has 0 radical (unpaired) electrons. The van der Waals surface area contributed by atoms with E-state index in [0.29, 0.717) is 24.9 Å². The van der Waals surface area contributed by atoms with Gasteiger partial charge in [0.1, 0.15) is 12.1 Å². The Balaban J connectivity index is 1.22. The van der Waals surface area contributed by atoms with Gasteiger partial charge in [0.25, 0.3) is 11.8 Å². The molecule has 194 valence electrons. The summed E-state index contributed by atoms with van der Waals surface area (Å²) in [6.45, 7) is 5.26. The Morgan fingerprint density at radius 1 is 0.667 bits per heavy atom. The number of hydrogen-bond donors (Lipinski definition) is 4. The maximum Gasteiger partial charge on any atom is 0.326 e. The molecule has 6 heterocycles. The number of benzene rings is 1. The molecule has 10 nitrogen and oxygen atoms in total. The maximum absolute atomic E-state index is 12.9. The summed E-state index contributed by atoms with van der Waals surface area (Å²) in [5, 5.41) is 25.0. The van der Waals surface area contributed by atoms with Crippen LogP contribution in [0.1, 0.15) is 46.4 Å². The fourth-order valence-corrected chi connectivity index (χ4v) is 6.70. The van der Waals surface area contributed by atoms with Gasteiger partial charge in [0.2, 0.25) is 0 Å². The fourth-order valence-electron chi connectivity index (χ4n) is 6.70. The molecule has 1 aromatic carbocycles. The molecular formula is C26H34N4O6. The first-order valence-electron chi connectivity index (χ1n) is 12.9. The average molecular weight is 499 g/mol. The number of carboxylic acids is 2. The number of nitrogens with zero attached hydrogens (tertiary/aromatic N) is 2. The Bertz CT molecular complexity index is 933. The molecule has 0 aliphatic carbocycles. The topological polar surface area (TPSA) is 139 Å². The lowest BCUT2D eigenvalue weighted by Gasteiger charge is -2.46. The van der Waals surface area contributed by atoms with Crippen molar-refractivity contribution in [2.75, 3.05) is 39.3 Å². The summed E-state index contributed by atoms with van der Waals surface area (Å²) in [5.41, 5.74) is 0.512. The lowest BCUT2D eigenvalue weighted by Crippen LogP contribution is -2.57. The minimum atomic E-state index is -1.04. The molecule has 10 heteroatoms. The van der Waals surface area contributed by atoms with E-state index in [4.69, 9.17) is 0 Å². The number of nitrogens with one attached hydrogen (secondary N) is 2. The van der Waals surface area contributed by atoms with Gasteiger partial charge in [-0.3, -0.25) is 9.59 Å². The van der Waals surface area contributed by atoms with Crippen LogP contribution in [0.5, 0.6) is 0 Å². The van der Waals surface area contributed by atoms with Gasteiger partial charge in [-0.1, -0.05) is 0 Å². The molecule has 0 spiro atoms. The molecule has 6 fully saturated rings. The number of rotatable bonds is 8. The lowest BCUT2D eigenvalue weighted by atomic mass is 9.75. The van der Waals surface area contributed by atoms with E-state index in [-0.39, 0.29) is 23.0 Å². The Hall–Kier alpha value is -2.98. The Morgan fingerprint density at radius 2 is 1.00 bits per heavy atom. The molecule has 2 amide bonds. The predicted octanol–water partition coefficient (Wildman–Crippen LogP) is 0.736. The Labute approximate surface area is 210 Å². The van der Waals surface area contributed by atoms with Crippen molar-refractivity contribution >= 4 is 23.8 Å². The molecule has 6 saturated heterocycles. The van der Waals surface area contributed by atoms with Gasteiger partial charge in [-0.05, 0) is 88.0 Å². The standard InChI is InChI=1S/C26H34N4O6/c31-23(27-21(25(33)34)19-13-29-9-5-15(19)6-10-29)17-1-2-18(4-3-17)24(32)28-22(26(35)36)20-14-30-11-7-16(20)8-12-30/h1-4,15-16,19-22H,5-14H2,(H,27,31)(H,28,32)(H,33,34)(H,35,36)/t19-,20-,21-,22?/m0/s1. The van der Waals surface area contributed by atoms with Crippen LogP contribution in [0.15, 0.2) is 24.3 Å². The highest BCUT2D eigenvalue weighted by Crippen LogP contribution is 2.35. The van der Waals surface area contributed by atoms with Crippen LogP contribution in [0.4, 0.5) is 0 Å². The number of hydrogen-bond acceptors (Lipinski definition) is 6. The number of carbonyl (C=O) groups is 4. The van der Waals surface area contributed by atoms with Crippen LogP contribution in [0.2, 0.25) is 0 Å². The van der Waals surface area contributed by atoms with Crippen LogP contribution in [-0.4, -0.2) is 95.1 Å². The van der Waals surface area contributed by atoms with E-state index < -0.39 is 35.8 Å². The molecular weight excluding hydrogens is 464 g/mol. The molecule has 0 aromatic heterocycles. The minimum Gasteiger partial charge on any atom is -0.480 e. The highest BCUT2D eigenvalue weighted by Gasteiger charge is 2.43. The molecule has 0 saturated carbocycles. The van der Waals surface area contributed by atoms with E-state index in [9.17, 15) is 29.4 Å². The zero-order valence-corrected chi connectivity index (χ0v) is 20.3. The van der Waals surface area contributed by atoms with Crippen LogP contribution in [0, 0.1) is 23.7 Å². The quantitative estimate of drug-likeness (QED) is 0.412. The van der Waals surface area contributed by atoms with Crippen LogP contribution in [0.25, 0.3) is 0 Å². The molecule has 4 bridgehead atoms.